The van der Waals surface area contributed by atoms with Crippen molar-refractivity contribution in [2.24, 2.45) is 0 Å². The van der Waals surface area contributed by atoms with Gasteiger partial charge >= 0.3 is 0 Å². The molecule has 98 valence electrons. The molecule has 5 nitrogen and oxygen atoms in total. The van der Waals surface area contributed by atoms with Crippen LogP contribution >= 0.6 is 0 Å². The first-order chi connectivity index (χ1) is 8.70. The molecule has 1 aliphatic rings. The zero-order chi connectivity index (χ0) is 13.0. The molecule has 1 aliphatic heterocycles. The van der Waals surface area contributed by atoms with Gasteiger partial charge in [0.25, 0.3) is 0 Å². The first kappa shape index (κ1) is 12.9. The van der Waals surface area contributed by atoms with Crippen LogP contribution in [0.15, 0.2) is 24.3 Å². The van der Waals surface area contributed by atoms with Gasteiger partial charge in [-0.2, -0.15) is 0 Å². The minimum atomic E-state index is -0.161. The van der Waals surface area contributed by atoms with E-state index in [2.05, 4.69) is 5.32 Å². The quantitative estimate of drug-likeness (QED) is 0.820. The Morgan fingerprint density at radius 2 is 2.44 bits per heavy atom. The number of hydrogen-bond acceptors (Lipinski definition) is 4. The first-order valence-corrected chi connectivity index (χ1v) is 6.03. The predicted molar refractivity (Wildman–Crippen MR) is 67.3 cm³/mol. The molecule has 0 bridgehead atoms. The molecular formula is C13H18N2O3. The number of nitrogens with one attached hydrogen (secondary N) is 1. The molecule has 1 saturated heterocycles. The second kappa shape index (κ2) is 5.84. The lowest BCUT2D eigenvalue weighted by atomic mass is 10.1. The van der Waals surface area contributed by atoms with Crippen molar-refractivity contribution >= 4 is 5.91 Å². The molecule has 1 unspecified atom stereocenters. The number of morpholine rings is 1. The van der Waals surface area contributed by atoms with Crippen LogP contribution in [0.25, 0.3) is 0 Å². The Labute approximate surface area is 106 Å². The number of nitrogens with zero attached hydrogens (tertiary/aromatic N) is 1. The fourth-order valence-corrected chi connectivity index (χ4v) is 2.07. The van der Waals surface area contributed by atoms with Gasteiger partial charge in [0.2, 0.25) is 5.91 Å². The van der Waals surface area contributed by atoms with Crippen LogP contribution in [0, 0.1) is 0 Å². The SMILES string of the molecule is CNCC(=O)N1CCOC(c2cccc(O)c2)C1. The molecule has 0 aliphatic carbocycles. The number of ether oxygens (including phenoxy) is 1. The van der Waals surface area contributed by atoms with Crippen LogP contribution in [0.4, 0.5) is 0 Å². The third-order valence-electron chi connectivity index (χ3n) is 2.99. The number of aromatic hydroxyl groups is 1. The number of carbonyl (C=O) groups is 1. The smallest absolute Gasteiger partial charge is 0.236 e. The topological polar surface area (TPSA) is 61.8 Å². The molecule has 0 saturated carbocycles. The van der Waals surface area contributed by atoms with Crippen LogP contribution in [-0.4, -0.2) is 49.2 Å². The third-order valence-corrected chi connectivity index (χ3v) is 2.99. The Balaban J connectivity index is 2.04. The Kier molecular flexibility index (Phi) is 4.17. The van der Waals surface area contributed by atoms with Gasteiger partial charge in [-0.15, -0.1) is 0 Å². The molecule has 1 amide bonds. The highest BCUT2D eigenvalue weighted by atomic mass is 16.5. The summed E-state index contributed by atoms with van der Waals surface area (Å²) >= 11 is 0. The van der Waals surface area contributed by atoms with E-state index in [-0.39, 0.29) is 17.8 Å². The maximum Gasteiger partial charge on any atom is 0.236 e. The van der Waals surface area contributed by atoms with Crippen LogP contribution in [0.5, 0.6) is 5.75 Å². The number of amides is 1. The normalized spacial score (nSPS) is 19.8. The number of rotatable bonds is 3. The first-order valence-electron chi connectivity index (χ1n) is 6.03. The molecule has 2 rings (SSSR count). The second-order valence-electron chi connectivity index (χ2n) is 4.32. The standard InChI is InChI=1S/C13H18N2O3/c1-14-8-13(17)15-5-6-18-12(9-15)10-3-2-4-11(16)7-10/h2-4,7,12,14,16H,5-6,8-9H2,1H3. The molecular weight excluding hydrogens is 232 g/mol. The van der Waals surface area contributed by atoms with Crippen molar-refractivity contribution in [3.63, 3.8) is 0 Å². The highest BCUT2D eigenvalue weighted by molar-refractivity contribution is 5.78. The molecule has 0 radical (unpaired) electrons. The molecule has 5 heteroatoms. The van der Waals surface area contributed by atoms with E-state index < -0.39 is 0 Å². The summed E-state index contributed by atoms with van der Waals surface area (Å²) in [7, 11) is 1.76. The van der Waals surface area contributed by atoms with Crippen LogP contribution in [0.2, 0.25) is 0 Å². The van der Waals surface area contributed by atoms with Gasteiger partial charge in [-0.25, -0.2) is 0 Å². The van der Waals surface area contributed by atoms with Gasteiger partial charge in [-0.3, -0.25) is 4.79 Å². The monoisotopic (exact) mass is 250 g/mol. The molecule has 1 fully saturated rings. The summed E-state index contributed by atoms with van der Waals surface area (Å²) in [6.45, 7) is 2.02. The fourth-order valence-electron chi connectivity index (χ4n) is 2.07. The van der Waals surface area contributed by atoms with Crippen molar-refractivity contribution in [2.75, 3.05) is 33.3 Å². The minimum Gasteiger partial charge on any atom is -0.508 e. The zero-order valence-corrected chi connectivity index (χ0v) is 10.4. The molecule has 1 aromatic rings. The maximum absolute atomic E-state index is 11.8. The summed E-state index contributed by atoms with van der Waals surface area (Å²) in [5.41, 5.74) is 0.900. The van der Waals surface area contributed by atoms with E-state index in [1.807, 2.05) is 6.07 Å². The van der Waals surface area contributed by atoms with Gasteiger partial charge in [0.05, 0.1) is 19.7 Å². The Hall–Kier alpha value is -1.59. The van der Waals surface area contributed by atoms with E-state index in [4.69, 9.17) is 4.74 Å². The molecule has 1 heterocycles. The van der Waals surface area contributed by atoms with Crippen LogP contribution < -0.4 is 5.32 Å². The largest absolute Gasteiger partial charge is 0.508 e. The summed E-state index contributed by atoms with van der Waals surface area (Å²) < 4.78 is 5.65. The van der Waals surface area contributed by atoms with Gasteiger partial charge in [0.1, 0.15) is 11.9 Å². The summed E-state index contributed by atoms with van der Waals surface area (Å²) in [6, 6.07) is 6.98. The van der Waals surface area contributed by atoms with Crippen molar-refractivity contribution in [3.05, 3.63) is 29.8 Å². The average Bonchev–Trinajstić information content (AvgIpc) is 2.39. The highest BCUT2D eigenvalue weighted by Gasteiger charge is 2.24. The minimum absolute atomic E-state index is 0.0750. The lowest BCUT2D eigenvalue weighted by Crippen LogP contribution is -2.45. The van der Waals surface area contributed by atoms with Gasteiger partial charge in [0, 0.05) is 6.54 Å². The number of hydrogen-bond donors (Lipinski definition) is 2. The van der Waals surface area contributed by atoms with Gasteiger partial charge in [0.15, 0.2) is 0 Å². The maximum atomic E-state index is 11.8. The lowest BCUT2D eigenvalue weighted by Gasteiger charge is -2.33. The van der Waals surface area contributed by atoms with E-state index in [1.165, 1.54) is 0 Å². The number of phenols is 1. The molecule has 18 heavy (non-hydrogen) atoms. The fraction of sp³-hybridized carbons (Fsp3) is 0.462. The van der Waals surface area contributed by atoms with Crippen molar-refractivity contribution in [3.8, 4) is 5.75 Å². The van der Waals surface area contributed by atoms with Crippen LogP contribution in [0.1, 0.15) is 11.7 Å². The van der Waals surface area contributed by atoms with E-state index in [1.54, 1.807) is 30.1 Å². The van der Waals surface area contributed by atoms with E-state index >= 15 is 0 Å². The number of benzene rings is 1. The van der Waals surface area contributed by atoms with Crippen molar-refractivity contribution in [2.45, 2.75) is 6.10 Å². The average molecular weight is 250 g/mol. The summed E-state index contributed by atoms with van der Waals surface area (Å²) in [6.07, 6.45) is -0.161. The molecule has 0 aromatic heterocycles. The number of phenolic OH excluding ortho intramolecular Hbond substituents is 1. The van der Waals surface area contributed by atoms with Gasteiger partial charge < -0.3 is 20.1 Å². The molecule has 1 aromatic carbocycles. The van der Waals surface area contributed by atoms with Crippen molar-refractivity contribution in [1.29, 1.82) is 0 Å². The molecule has 2 N–H and O–H groups in total. The lowest BCUT2D eigenvalue weighted by molar-refractivity contribution is -0.137. The van der Waals surface area contributed by atoms with Crippen LogP contribution in [-0.2, 0) is 9.53 Å². The summed E-state index contributed by atoms with van der Waals surface area (Å²) in [5, 5.41) is 12.3. The molecule has 1 atom stereocenters. The summed E-state index contributed by atoms with van der Waals surface area (Å²) in [4.78, 5) is 13.6. The second-order valence-corrected chi connectivity index (χ2v) is 4.32. The Morgan fingerprint density at radius 3 is 3.17 bits per heavy atom. The van der Waals surface area contributed by atoms with E-state index in [0.717, 1.165) is 5.56 Å². The Morgan fingerprint density at radius 1 is 1.61 bits per heavy atom. The molecule has 0 spiro atoms. The van der Waals surface area contributed by atoms with Crippen molar-refractivity contribution in [1.82, 2.24) is 10.2 Å². The third kappa shape index (κ3) is 3.00. The Bertz CT molecular complexity index is 422. The number of likely N-dealkylation sites (N-methyl/N-ethyl adjacent to an activating group) is 1. The van der Waals surface area contributed by atoms with E-state index in [9.17, 15) is 9.90 Å². The van der Waals surface area contributed by atoms with Crippen molar-refractivity contribution < 1.29 is 14.6 Å². The highest BCUT2D eigenvalue weighted by Crippen LogP contribution is 2.24. The number of carbonyl (C=O) groups excluding carboxylic acids is 1. The van der Waals surface area contributed by atoms with Gasteiger partial charge in [-0.1, -0.05) is 12.1 Å². The van der Waals surface area contributed by atoms with E-state index in [0.29, 0.717) is 26.2 Å². The van der Waals surface area contributed by atoms with Crippen LogP contribution in [0.3, 0.4) is 0 Å². The summed E-state index contributed by atoms with van der Waals surface area (Å²) in [5.74, 6) is 0.292. The van der Waals surface area contributed by atoms with Gasteiger partial charge in [-0.05, 0) is 24.7 Å². The zero-order valence-electron chi connectivity index (χ0n) is 10.4. The predicted octanol–water partition coefficient (Wildman–Crippen LogP) is 0.511.